The van der Waals surface area contributed by atoms with Gasteiger partial charge in [-0.1, -0.05) is 35.0 Å². The third-order valence-electron chi connectivity index (χ3n) is 4.26. The summed E-state index contributed by atoms with van der Waals surface area (Å²) in [6.07, 6.45) is 1.54. The van der Waals surface area contributed by atoms with Gasteiger partial charge in [0.25, 0.3) is 5.56 Å². The fourth-order valence-electron chi connectivity index (χ4n) is 2.99. The third-order valence-corrected chi connectivity index (χ3v) is 4.26. The highest BCUT2D eigenvalue weighted by molar-refractivity contribution is 5.70. The fraction of sp³-hybridized carbons (Fsp3) is 0.200. The molecule has 0 saturated carbocycles. The minimum atomic E-state index is -0.210. The van der Waals surface area contributed by atoms with E-state index in [4.69, 9.17) is 4.74 Å². The summed E-state index contributed by atoms with van der Waals surface area (Å²) in [6.45, 7) is 5.01. The normalized spacial score (nSPS) is 11.0. The predicted molar refractivity (Wildman–Crippen MR) is 102 cm³/mol. The van der Waals surface area contributed by atoms with E-state index in [0.29, 0.717) is 18.8 Å². The molecular weight excluding hydrogens is 342 g/mol. The van der Waals surface area contributed by atoms with Gasteiger partial charge in [0.15, 0.2) is 11.2 Å². The van der Waals surface area contributed by atoms with E-state index < -0.39 is 0 Å². The molecule has 0 radical (unpaired) electrons. The molecule has 0 spiro atoms. The van der Waals surface area contributed by atoms with Gasteiger partial charge < -0.3 is 4.74 Å². The highest BCUT2D eigenvalue weighted by atomic mass is 16.5. The average Bonchev–Trinajstić information content (AvgIpc) is 3.10. The molecule has 0 N–H and O–H groups in total. The third kappa shape index (κ3) is 3.31. The van der Waals surface area contributed by atoms with E-state index in [0.717, 1.165) is 22.6 Å². The first-order valence-electron chi connectivity index (χ1n) is 8.75. The van der Waals surface area contributed by atoms with Gasteiger partial charge in [-0.3, -0.25) is 9.36 Å². The number of ether oxygens (including phenoxy) is 1. The second kappa shape index (κ2) is 7.03. The zero-order chi connectivity index (χ0) is 18.8. The first-order valence-corrected chi connectivity index (χ1v) is 8.75. The standard InChI is InChI=1S/C20H19N5O2/c1-3-27-17-9-7-16(8-10-17)25-19-18(22-23-25)20(26)24(13-21-19)12-15-6-4-5-14(2)11-15/h4-11,13H,3,12H2,1-2H3. The van der Waals surface area contributed by atoms with Gasteiger partial charge in [0.1, 0.15) is 12.1 Å². The van der Waals surface area contributed by atoms with E-state index in [1.165, 1.54) is 0 Å². The molecule has 136 valence electrons. The minimum absolute atomic E-state index is 0.210. The van der Waals surface area contributed by atoms with Crippen molar-refractivity contribution in [1.29, 1.82) is 0 Å². The number of hydrogen-bond acceptors (Lipinski definition) is 5. The van der Waals surface area contributed by atoms with E-state index in [9.17, 15) is 4.79 Å². The van der Waals surface area contributed by atoms with Crippen LogP contribution in [0, 0.1) is 6.92 Å². The number of rotatable bonds is 5. The minimum Gasteiger partial charge on any atom is -0.494 e. The van der Waals surface area contributed by atoms with Gasteiger partial charge in [-0.2, -0.15) is 4.68 Å². The molecule has 27 heavy (non-hydrogen) atoms. The van der Waals surface area contributed by atoms with Crippen LogP contribution >= 0.6 is 0 Å². The van der Waals surface area contributed by atoms with Gasteiger partial charge in [-0.25, -0.2) is 4.98 Å². The fourth-order valence-corrected chi connectivity index (χ4v) is 2.99. The van der Waals surface area contributed by atoms with E-state index >= 15 is 0 Å². The molecule has 0 aliphatic carbocycles. The molecule has 4 rings (SSSR count). The highest BCUT2D eigenvalue weighted by Crippen LogP contribution is 2.17. The lowest BCUT2D eigenvalue weighted by Crippen LogP contribution is -2.21. The van der Waals surface area contributed by atoms with Crippen LogP contribution < -0.4 is 10.3 Å². The summed E-state index contributed by atoms with van der Waals surface area (Å²) in [5.41, 5.74) is 3.43. The lowest BCUT2D eigenvalue weighted by molar-refractivity contribution is 0.340. The molecule has 0 aliphatic rings. The van der Waals surface area contributed by atoms with E-state index in [2.05, 4.69) is 15.3 Å². The zero-order valence-corrected chi connectivity index (χ0v) is 15.2. The molecule has 0 saturated heterocycles. The van der Waals surface area contributed by atoms with Crippen LogP contribution in [0.5, 0.6) is 5.75 Å². The van der Waals surface area contributed by atoms with Crippen molar-refractivity contribution in [3.63, 3.8) is 0 Å². The summed E-state index contributed by atoms with van der Waals surface area (Å²) in [5.74, 6) is 0.777. The van der Waals surface area contributed by atoms with Gasteiger partial charge in [0.05, 0.1) is 18.8 Å². The van der Waals surface area contributed by atoms with Gasteiger partial charge in [-0.05, 0) is 43.7 Å². The van der Waals surface area contributed by atoms with Crippen LogP contribution in [0.4, 0.5) is 0 Å². The van der Waals surface area contributed by atoms with Gasteiger partial charge >= 0.3 is 0 Å². The van der Waals surface area contributed by atoms with Gasteiger partial charge in [0, 0.05) is 0 Å². The lowest BCUT2D eigenvalue weighted by Gasteiger charge is -2.07. The number of fused-ring (bicyclic) bond motifs is 1. The number of benzene rings is 2. The first-order chi connectivity index (χ1) is 13.2. The SMILES string of the molecule is CCOc1ccc(-n2nnc3c(=O)n(Cc4cccc(C)c4)cnc32)cc1. The molecule has 0 amide bonds. The maximum atomic E-state index is 12.8. The monoisotopic (exact) mass is 361 g/mol. The summed E-state index contributed by atoms with van der Waals surface area (Å²) < 4.78 is 8.56. The van der Waals surface area contributed by atoms with Crippen LogP contribution in [-0.2, 0) is 6.54 Å². The van der Waals surface area contributed by atoms with Crippen molar-refractivity contribution in [2.45, 2.75) is 20.4 Å². The Morgan fingerprint density at radius 3 is 2.67 bits per heavy atom. The Hall–Kier alpha value is -3.48. The molecule has 0 bridgehead atoms. The maximum absolute atomic E-state index is 12.8. The van der Waals surface area contributed by atoms with Crippen molar-refractivity contribution < 1.29 is 4.74 Å². The summed E-state index contributed by atoms with van der Waals surface area (Å²) in [7, 11) is 0. The quantitative estimate of drug-likeness (QED) is 0.546. The van der Waals surface area contributed by atoms with Crippen LogP contribution in [0.25, 0.3) is 16.9 Å². The Balaban J connectivity index is 1.70. The summed E-state index contributed by atoms with van der Waals surface area (Å²) in [6, 6.07) is 15.5. The largest absolute Gasteiger partial charge is 0.494 e. The molecule has 4 aromatic rings. The molecule has 0 aliphatic heterocycles. The van der Waals surface area contributed by atoms with Crippen LogP contribution in [0.3, 0.4) is 0 Å². The molecular formula is C20H19N5O2. The van der Waals surface area contributed by atoms with Crippen molar-refractivity contribution in [3.05, 3.63) is 76.3 Å². The van der Waals surface area contributed by atoms with Gasteiger partial charge in [0.2, 0.25) is 0 Å². The summed E-state index contributed by atoms with van der Waals surface area (Å²) in [4.78, 5) is 17.2. The average molecular weight is 361 g/mol. The van der Waals surface area contributed by atoms with Gasteiger partial charge in [-0.15, -0.1) is 5.10 Å². The highest BCUT2D eigenvalue weighted by Gasteiger charge is 2.13. The molecule has 7 heteroatoms. The number of aromatic nitrogens is 5. The molecule has 2 aromatic heterocycles. The number of hydrogen-bond donors (Lipinski definition) is 0. The molecule has 2 aromatic carbocycles. The second-order valence-corrected chi connectivity index (χ2v) is 6.27. The van der Waals surface area contributed by atoms with Crippen molar-refractivity contribution in [2.75, 3.05) is 6.61 Å². The number of nitrogens with zero attached hydrogens (tertiary/aromatic N) is 5. The van der Waals surface area contributed by atoms with Crippen LogP contribution in [0.15, 0.2) is 59.7 Å². The van der Waals surface area contributed by atoms with E-state index in [1.54, 1.807) is 15.6 Å². The first kappa shape index (κ1) is 17.0. The molecule has 0 unspecified atom stereocenters. The van der Waals surface area contributed by atoms with Crippen molar-refractivity contribution in [3.8, 4) is 11.4 Å². The lowest BCUT2D eigenvalue weighted by atomic mass is 10.1. The Kier molecular flexibility index (Phi) is 4.42. The Labute approximate surface area is 155 Å². The van der Waals surface area contributed by atoms with Crippen molar-refractivity contribution >= 4 is 11.2 Å². The van der Waals surface area contributed by atoms with Crippen LogP contribution in [-0.4, -0.2) is 31.2 Å². The van der Waals surface area contributed by atoms with Crippen LogP contribution in [0.1, 0.15) is 18.1 Å². The zero-order valence-electron chi connectivity index (χ0n) is 15.2. The second-order valence-electron chi connectivity index (χ2n) is 6.27. The van der Waals surface area contributed by atoms with E-state index in [-0.39, 0.29) is 11.1 Å². The summed E-state index contributed by atoms with van der Waals surface area (Å²) >= 11 is 0. The molecule has 0 atom stereocenters. The Morgan fingerprint density at radius 1 is 1.11 bits per heavy atom. The van der Waals surface area contributed by atoms with Crippen molar-refractivity contribution in [2.24, 2.45) is 0 Å². The van der Waals surface area contributed by atoms with Crippen molar-refractivity contribution in [1.82, 2.24) is 24.5 Å². The molecule has 0 fully saturated rings. The maximum Gasteiger partial charge on any atom is 0.283 e. The molecule has 7 nitrogen and oxygen atoms in total. The van der Waals surface area contributed by atoms with Crippen LogP contribution in [0.2, 0.25) is 0 Å². The smallest absolute Gasteiger partial charge is 0.283 e. The predicted octanol–water partition coefficient (Wildman–Crippen LogP) is 2.73. The number of aryl methyl sites for hydroxylation is 1. The summed E-state index contributed by atoms with van der Waals surface area (Å²) in [5, 5.41) is 8.17. The topological polar surface area (TPSA) is 74.8 Å². The Morgan fingerprint density at radius 2 is 1.93 bits per heavy atom. The molecule has 2 heterocycles. The Bertz CT molecular complexity index is 1150. The van der Waals surface area contributed by atoms with E-state index in [1.807, 2.05) is 62.4 Å².